The molecule has 2 aromatic rings. The lowest BCUT2D eigenvalue weighted by Crippen LogP contribution is -2.40. The van der Waals surface area contributed by atoms with Crippen LogP contribution in [-0.2, 0) is 9.59 Å². The molecule has 0 aromatic heterocycles. The lowest BCUT2D eigenvalue weighted by atomic mass is 10.2. The van der Waals surface area contributed by atoms with Gasteiger partial charge in [-0.25, -0.2) is 0 Å². The molecule has 0 fully saturated rings. The molecule has 0 aliphatic carbocycles. The van der Waals surface area contributed by atoms with Gasteiger partial charge in [0, 0.05) is 49.0 Å². The van der Waals surface area contributed by atoms with Gasteiger partial charge in [0.1, 0.15) is 0 Å². The number of nitrogens with one attached hydrogen (secondary N) is 2. The van der Waals surface area contributed by atoms with E-state index in [0.29, 0.717) is 11.1 Å². The summed E-state index contributed by atoms with van der Waals surface area (Å²) in [4.78, 5) is 44.4. The van der Waals surface area contributed by atoms with E-state index < -0.39 is 21.7 Å². The van der Waals surface area contributed by atoms with E-state index in [0.717, 1.165) is 0 Å². The topological polar surface area (TPSA) is 144 Å². The third-order valence-corrected chi connectivity index (χ3v) is 3.99. The first kappa shape index (κ1) is 22.9. The molecule has 10 nitrogen and oxygen atoms in total. The first-order valence-electron chi connectivity index (χ1n) is 9.18. The summed E-state index contributed by atoms with van der Waals surface area (Å²) in [5.74, 6) is -0.833. The third kappa shape index (κ3) is 7.89. The molecule has 2 amide bonds. The van der Waals surface area contributed by atoms with Crippen LogP contribution in [0.25, 0.3) is 12.2 Å². The Labute approximate surface area is 177 Å². The average Bonchev–Trinajstić information content (AvgIpc) is 2.75. The Morgan fingerprint density at radius 3 is 1.87 bits per heavy atom. The number of nitro groups is 2. The van der Waals surface area contributed by atoms with Crippen LogP contribution in [0.2, 0.25) is 0 Å². The van der Waals surface area contributed by atoms with Crippen LogP contribution in [-0.4, -0.2) is 34.2 Å². The highest BCUT2D eigenvalue weighted by atomic mass is 16.6. The molecule has 10 heteroatoms. The zero-order valence-electron chi connectivity index (χ0n) is 16.6. The number of carbonyl (C=O) groups excluding carboxylic acids is 2. The lowest BCUT2D eigenvalue weighted by Gasteiger charge is -2.12. The predicted octanol–water partition coefficient (Wildman–Crippen LogP) is 2.85. The van der Waals surface area contributed by atoms with Crippen molar-refractivity contribution in [1.82, 2.24) is 10.6 Å². The van der Waals surface area contributed by atoms with Crippen LogP contribution in [0.4, 0.5) is 11.4 Å². The monoisotopic (exact) mass is 424 g/mol. The number of nitrogens with zero attached hydrogens (tertiary/aromatic N) is 2. The molecule has 2 N–H and O–H groups in total. The molecule has 160 valence electrons. The van der Waals surface area contributed by atoms with Crippen LogP contribution in [0.15, 0.2) is 60.7 Å². The molecular formula is C21H20N4O6. The third-order valence-electron chi connectivity index (χ3n) is 3.99. The number of nitro benzene ring substituents is 2. The van der Waals surface area contributed by atoms with E-state index in [1.54, 1.807) is 19.1 Å². The minimum atomic E-state index is -0.519. The number of non-ortho nitro benzene ring substituents is 2. The highest BCUT2D eigenvalue weighted by Gasteiger charge is 2.08. The van der Waals surface area contributed by atoms with Gasteiger partial charge >= 0.3 is 0 Å². The molecule has 0 heterocycles. The fraction of sp³-hybridized carbons (Fsp3) is 0.143. The largest absolute Gasteiger partial charge is 0.351 e. The fourth-order valence-corrected chi connectivity index (χ4v) is 2.48. The summed E-state index contributed by atoms with van der Waals surface area (Å²) in [5.41, 5.74) is 0.877. The molecular weight excluding hydrogens is 404 g/mol. The summed E-state index contributed by atoms with van der Waals surface area (Å²) in [7, 11) is 0. The van der Waals surface area contributed by atoms with Gasteiger partial charge in [0.25, 0.3) is 11.4 Å². The Morgan fingerprint density at radius 2 is 1.39 bits per heavy atom. The zero-order chi connectivity index (χ0) is 22.8. The summed E-state index contributed by atoms with van der Waals surface area (Å²) in [6, 6.07) is 11.3. The Hall–Kier alpha value is -4.34. The maximum atomic E-state index is 12.0. The van der Waals surface area contributed by atoms with Crippen molar-refractivity contribution in [2.45, 2.75) is 13.0 Å². The van der Waals surface area contributed by atoms with Crippen molar-refractivity contribution in [2.24, 2.45) is 0 Å². The van der Waals surface area contributed by atoms with Gasteiger partial charge in [-0.15, -0.1) is 0 Å². The Kier molecular flexibility index (Phi) is 8.14. The smallest absolute Gasteiger partial charge is 0.270 e. The quantitative estimate of drug-likeness (QED) is 0.360. The average molecular weight is 424 g/mol. The molecule has 31 heavy (non-hydrogen) atoms. The number of amides is 2. The van der Waals surface area contributed by atoms with Crippen molar-refractivity contribution in [3.63, 3.8) is 0 Å². The number of benzene rings is 2. The van der Waals surface area contributed by atoms with Crippen molar-refractivity contribution >= 4 is 35.3 Å². The van der Waals surface area contributed by atoms with E-state index in [2.05, 4.69) is 10.6 Å². The second-order valence-electron chi connectivity index (χ2n) is 6.53. The van der Waals surface area contributed by atoms with Gasteiger partial charge in [-0.3, -0.25) is 29.8 Å². The van der Waals surface area contributed by atoms with Gasteiger partial charge in [-0.05, 0) is 30.2 Å². The molecule has 1 atom stereocenters. The highest BCUT2D eigenvalue weighted by molar-refractivity contribution is 5.93. The Balaban J connectivity index is 1.81. The SMILES string of the molecule is CC(CNC(=O)/C=C/c1cccc([N+](=O)[O-])c1)NC(=O)/C=C/c1cccc([N+](=O)[O-])c1. The first-order valence-corrected chi connectivity index (χ1v) is 9.18. The Bertz CT molecular complexity index is 1050. The van der Waals surface area contributed by atoms with Gasteiger partial charge in [-0.2, -0.15) is 0 Å². The Morgan fingerprint density at radius 1 is 0.903 bits per heavy atom. The van der Waals surface area contributed by atoms with E-state index in [4.69, 9.17) is 0 Å². The molecule has 2 rings (SSSR count). The van der Waals surface area contributed by atoms with Gasteiger partial charge in [0.15, 0.2) is 0 Å². The summed E-state index contributed by atoms with van der Waals surface area (Å²) >= 11 is 0. The molecule has 0 saturated heterocycles. The summed E-state index contributed by atoms with van der Waals surface area (Å²) in [6.07, 6.45) is 5.40. The van der Waals surface area contributed by atoms with Gasteiger partial charge < -0.3 is 10.6 Å². The second-order valence-corrected chi connectivity index (χ2v) is 6.53. The van der Waals surface area contributed by atoms with Crippen LogP contribution in [0.3, 0.4) is 0 Å². The van der Waals surface area contributed by atoms with Gasteiger partial charge in [0.05, 0.1) is 9.85 Å². The van der Waals surface area contributed by atoms with Crippen LogP contribution in [0.5, 0.6) is 0 Å². The molecule has 0 saturated carbocycles. The van der Waals surface area contributed by atoms with E-state index in [9.17, 15) is 29.8 Å². The molecule has 0 aliphatic rings. The number of rotatable bonds is 9. The van der Waals surface area contributed by atoms with E-state index in [1.165, 1.54) is 60.7 Å². The van der Waals surface area contributed by atoms with E-state index in [1.807, 2.05) is 0 Å². The van der Waals surface area contributed by atoms with Crippen molar-refractivity contribution in [3.05, 3.63) is 92.0 Å². The van der Waals surface area contributed by atoms with E-state index >= 15 is 0 Å². The normalized spacial score (nSPS) is 11.9. The molecule has 2 aromatic carbocycles. The minimum Gasteiger partial charge on any atom is -0.351 e. The van der Waals surface area contributed by atoms with Crippen molar-refractivity contribution in [1.29, 1.82) is 0 Å². The summed E-state index contributed by atoms with van der Waals surface area (Å²) in [5, 5.41) is 26.8. The summed E-state index contributed by atoms with van der Waals surface area (Å²) in [6.45, 7) is 1.86. The van der Waals surface area contributed by atoms with Crippen LogP contribution in [0, 0.1) is 20.2 Å². The maximum absolute atomic E-state index is 12.0. The standard InChI is InChI=1S/C21H20N4O6/c1-15(23-21(27)11-9-17-5-3-7-19(13-17)25(30)31)14-22-20(26)10-8-16-4-2-6-18(12-16)24(28)29/h2-13,15H,14H2,1H3,(H,22,26)(H,23,27)/b10-8+,11-9+. The lowest BCUT2D eigenvalue weighted by molar-refractivity contribution is -0.385. The molecule has 1 unspecified atom stereocenters. The molecule has 0 aliphatic heterocycles. The first-order chi connectivity index (χ1) is 14.7. The molecule has 0 bridgehead atoms. The van der Waals surface area contributed by atoms with Crippen molar-refractivity contribution in [2.75, 3.05) is 6.54 Å². The number of carbonyl (C=O) groups is 2. The van der Waals surface area contributed by atoms with Crippen LogP contribution < -0.4 is 10.6 Å². The van der Waals surface area contributed by atoms with Crippen molar-refractivity contribution in [3.8, 4) is 0 Å². The zero-order valence-corrected chi connectivity index (χ0v) is 16.6. The second kappa shape index (κ2) is 11.0. The number of hydrogen-bond donors (Lipinski definition) is 2. The number of hydrogen-bond acceptors (Lipinski definition) is 6. The minimum absolute atomic E-state index is 0.0722. The predicted molar refractivity (Wildman–Crippen MR) is 115 cm³/mol. The van der Waals surface area contributed by atoms with Gasteiger partial charge in [-0.1, -0.05) is 24.3 Å². The van der Waals surface area contributed by atoms with Crippen LogP contribution in [0.1, 0.15) is 18.1 Å². The van der Waals surface area contributed by atoms with E-state index in [-0.39, 0.29) is 24.0 Å². The van der Waals surface area contributed by atoms with Crippen LogP contribution >= 0.6 is 0 Å². The van der Waals surface area contributed by atoms with Gasteiger partial charge in [0.2, 0.25) is 11.8 Å². The maximum Gasteiger partial charge on any atom is 0.270 e. The summed E-state index contributed by atoms with van der Waals surface area (Å²) < 4.78 is 0. The van der Waals surface area contributed by atoms with Crippen molar-refractivity contribution < 1.29 is 19.4 Å². The molecule has 0 radical (unpaired) electrons. The highest BCUT2D eigenvalue weighted by Crippen LogP contribution is 2.15. The molecule has 0 spiro atoms. The fourth-order valence-electron chi connectivity index (χ4n) is 2.48.